The number of rotatable bonds is 8. The monoisotopic (exact) mass is 499 g/mol. The topological polar surface area (TPSA) is 79.4 Å². The van der Waals surface area contributed by atoms with E-state index in [2.05, 4.69) is 10.3 Å². The van der Waals surface area contributed by atoms with Crippen molar-refractivity contribution in [1.29, 1.82) is 0 Å². The van der Waals surface area contributed by atoms with Crippen LogP contribution in [0.4, 0.5) is 11.4 Å². The number of sulfonamides is 1. The third kappa shape index (κ3) is 6.58. The number of nitrogens with zero attached hydrogens (tertiary/aromatic N) is 2. The van der Waals surface area contributed by atoms with Crippen molar-refractivity contribution in [2.45, 2.75) is 26.8 Å². The summed E-state index contributed by atoms with van der Waals surface area (Å²) < 4.78 is 26.4. The van der Waals surface area contributed by atoms with Gasteiger partial charge in [0.25, 0.3) is 5.91 Å². The van der Waals surface area contributed by atoms with Gasteiger partial charge >= 0.3 is 0 Å². The van der Waals surface area contributed by atoms with E-state index in [1.165, 1.54) is 16.1 Å². The molecule has 0 bridgehead atoms. The Balaban J connectivity index is 1.42. The van der Waals surface area contributed by atoms with Gasteiger partial charge in [0.2, 0.25) is 10.0 Å². The Bertz CT molecular complexity index is 1430. The third-order valence-electron chi connectivity index (χ3n) is 5.81. The fourth-order valence-corrected chi connectivity index (χ4v) is 4.94. The molecule has 184 valence electrons. The predicted molar refractivity (Wildman–Crippen MR) is 145 cm³/mol. The van der Waals surface area contributed by atoms with Crippen LogP contribution in [0.2, 0.25) is 0 Å². The summed E-state index contributed by atoms with van der Waals surface area (Å²) in [7, 11) is -3.49. The largest absolute Gasteiger partial charge is 0.322 e. The van der Waals surface area contributed by atoms with Crippen molar-refractivity contribution < 1.29 is 13.2 Å². The number of hydrogen-bond acceptors (Lipinski definition) is 4. The van der Waals surface area contributed by atoms with Crippen LogP contribution in [-0.4, -0.2) is 25.6 Å². The molecule has 0 aliphatic heterocycles. The molecule has 7 heteroatoms. The van der Waals surface area contributed by atoms with Gasteiger partial charge in [-0.25, -0.2) is 8.42 Å². The minimum atomic E-state index is -3.49. The van der Waals surface area contributed by atoms with Crippen LogP contribution < -0.4 is 9.62 Å². The number of pyridine rings is 1. The Labute approximate surface area is 212 Å². The molecule has 0 unspecified atom stereocenters. The van der Waals surface area contributed by atoms with Crippen molar-refractivity contribution >= 4 is 27.3 Å². The van der Waals surface area contributed by atoms with E-state index >= 15 is 0 Å². The zero-order chi connectivity index (χ0) is 25.7. The average Bonchev–Trinajstić information content (AvgIpc) is 2.83. The molecule has 0 aliphatic carbocycles. The molecule has 0 saturated carbocycles. The van der Waals surface area contributed by atoms with Crippen molar-refractivity contribution in [3.8, 4) is 0 Å². The van der Waals surface area contributed by atoms with Crippen molar-refractivity contribution in [1.82, 2.24) is 4.98 Å². The second-order valence-corrected chi connectivity index (χ2v) is 10.9. The number of carbonyl (C=O) groups is 1. The maximum atomic E-state index is 12.8. The summed E-state index contributed by atoms with van der Waals surface area (Å²) in [6.45, 7) is 4.07. The first-order valence-electron chi connectivity index (χ1n) is 11.6. The molecule has 1 amide bonds. The normalized spacial score (nSPS) is 11.2. The van der Waals surface area contributed by atoms with Gasteiger partial charge in [-0.15, -0.1) is 0 Å². The molecule has 0 spiro atoms. The van der Waals surface area contributed by atoms with Crippen LogP contribution in [0.5, 0.6) is 0 Å². The highest BCUT2D eigenvalue weighted by Crippen LogP contribution is 2.24. The number of aromatic nitrogens is 1. The Kier molecular flexibility index (Phi) is 7.50. The van der Waals surface area contributed by atoms with Crippen LogP contribution in [-0.2, 0) is 23.0 Å². The van der Waals surface area contributed by atoms with Gasteiger partial charge in [0.1, 0.15) is 0 Å². The highest BCUT2D eigenvalue weighted by molar-refractivity contribution is 7.92. The lowest BCUT2D eigenvalue weighted by atomic mass is 10.1. The van der Waals surface area contributed by atoms with Gasteiger partial charge in [-0.3, -0.25) is 14.1 Å². The number of amides is 1. The molecule has 6 nitrogen and oxygen atoms in total. The highest BCUT2D eigenvalue weighted by Gasteiger charge is 2.19. The minimum Gasteiger partial charge on any atom is -0.322 e. The van der Waals surface area contributed by atoms with Crippen LogP contribution in [0.15, 0.2) is 91.3 Å². The van der Waals surface area contributed by atoms with Crippen LogP contribution in [0.3, 0.4) is 0 Å². The van der Waals surface area contributed by atoms with Gasteiger partial charge in [0.05, 0.1) is 18.5 Å². The van der Waals surface area contributed by atoms with Gasteiger partial charge in [-0.05, 0) is 96.6 Å². The van der Waals surface area contributed by atoms with E-state index in [0.717, 1.165) is 28.7 Å². The van der Waals surface area contributed by atoms with Gasteiger partial charge in [0, 0.05) is 23.6 Å². The predicted octanol–water partition coefficient (Wildman–Crippen LogP) is 5.51. The summed E-state index contributed by atoms with van der Waals surface area (Å²) in [6.07, 6.45) is 5.55. The van der Waals surface area contributed by atoms with E-state index in [1.807, 2.05) is 68.4 Å². The summed E-state index contributed by atoms with van der Waals surface area (Å²) >= 11 is 0. The Morgan fingerprint density at radius 1 is 0.806 bits per heavy atom. The van der Waals surface area contributed by atoms with E-state index < -0.39 is 10.0 Å². The lowest BCUT2D eigenvalue weighted by Gasteiger charge is -2.23. The first kappa shape index (κ1) is 25.1. The molecule has 0 atom stereocenters. The van der Waals surface area contributed by atoms with Gasteiger partial charge in [-0.1, -0.05) is 30.3 Å². The van der Waals surface area contributed by atoms with Crippen LogP contribution in [0.25, 0.3) is 0 Å². The molecule has 3 aromatic carbocycles. The Morgan fingerprint density at radius 2 is 1.36 bits per heavy atom. The molecule has 0 radical (unpaired) electrons. The number of anilines is 2. The minimum absolute atomic E-state index is 0.183. The summed E-state index contributed by atoms with van der Waals surface area (Å²) in [6, 6.07) is 24.4. The van der Waals surface area contributed by atoms with Crippen molar-refractivity contribution in [3.05, 3.63) is 125 Å². The molecule has 36 heavy (non-hydrogen) atoms. The summed E-state index contributed by atoms with van der Waals surface area (Å²) in [4.78, 5) is 16.8. The Morgan fingerprint density at radius 3 is 1.94 bits per heavy atom. The summed E-state index contributed by atoms with van der Waals surface area (Å²) in [5.74, 6) is -0.224. The highest BCUT2D eigenvalue weighted by atomic mass is 32.2. The lowest BCUT2D eigenvalue weighted by molar-refractivity contribution is 0.102. The molecule has 1 heterocycles. The van der Waals surface area contributed by atoms with Gasteiger partial charge < -0.3 is 5.32 Å². The smallest absolute Gasteiger partial charge is 0.255 e. The van der Waals surface area contributed by atoms with E-state index in [4.69, 9.17) is 0 Å². The molecular weight excluding hydrogens is 470 g/mol. The first-order chi connectivity index (χ1) is 17.2. The SMILES string of the molecule is Cc1cc(C)cc(N(Cc2ccc(C(=O)Nc3ccc(Cc4ccncc4)cc3)cc2)S(C)(=O)=O)c1. The van der Waals surface area contributed by atoms with E-state index in [0.29, 0.717) is 16.9 Å². The van der Waals surface area contributed by atoms with Crippen LogP contribution in [0, 0.1) is 13.8 Å². The lowest BCUT2D eigenvalue weighted by Crippen LogP contribution is -2.29. The van der Waals surface area contributed by atoms with E-state index in [-0.39, 0.29) is 12.5 Å². The first-order valence-corrected chi connectivity index (χ1v) is 13.5. The number of benzene rings is 3. The Hall–Kier alpha value is -3.97. The second-order valence-electron chi connectivity index (χ2n) is 9.00. The summed E-state index contributed by atoms with van der Waals surface area (Å²) in [5, 5.41) is 2.92. The molecular formula is C29H29N3O3S. The fraction of sp³-hybridized carbons (Fsp3) is 0.172. The molecule has 1 aromatic heterocycles. The zero-order valence-electron chi connectivity index (χ0n) is 20.6. The van der Waals surface area contributed by atoms with Gasteiger partial charge in [0.15, 0.2) is 0 Å². The standard InChI is InChI=1S/C29H29N3O3S/c1-21-16-22(2)18-28(17-21)32(36(3,34)35)20-25-4-8-26(9-5-25)29(33)31-27-10-6-23(7-11-27)19-24-12-14-30-15-13-24/h4-18H,19-20H2,1-3H3,(H,31,33). The average molecular weight is 500 g/mol. The van der Waals surface area contributed by atoms with Crippen molar-refractivity contribution in [2.75, 3.05) is 15.9 Å². The van der Waals surface area contributed by atoms with Crippen molar-refractivity contribution in [3.63, 3.8) is 0 Å². The maximum Gasteiger partial charge on any atom is 0.255 e. The third-order valence-corrected chi connectivity index (χ3v) is 6.95. The molecule has 4 aromatic rings. The maximum absolute atomic E-state index is 12.8. The molecule has 1 N–H and O–H groups in total. The number of aryl methyl sites for hydroxylation is 2. The number of nitrogens with one attached hydrogen (secondary N) is 1. The van der Waals surface area contributed by atoms with Gasteiger partial charge in [-0.2, -0.15) is 0 Å². The molecule has 0 fully saturated rings. The fourth-order valence-electron chi connectivity index (χ4n) is 4.07. The number of carbonyl (C=O) groups excluding carboxylic acids is 1. The van der Waals surface area contributed by atoms with Crippen molar-refractivity contribution in [2.24, 2.45) is 0 Å². The summed E-state index contributed by atoms with van der Waals surface area (Å²) in [5.41, 5.74) is 6.93. The van der Waals surface area contributed by atoms with E-state index in [1.54, 1.807) is 36.7 Å². The quantitative estimate of drug-likeness (QED) is 0.347. The molecule has 0 saturated heterocycles. The van der Waals surface area contributed by atoms with Crippen LogP contribution in [0.1, 0.15) is 38.2 Å². The molecule has 0 aliphatic rings. The molecule has 4 rings (SSSR count). The number of hydrogen-bond donors (Lipinski definition) is 1. The zero-order valence-corrected chi connectivity index (χ0v) is 21.4. The second kappa shape index (κ2) is 10.7. The van der Waals surface area contributed by atoms with Crippen LogP contribution >= 0.6 is 0 Å². The van der Waals surface area contributed by atoms with E-state index in [9.17, 15) is 13.2 Å².